The number of rotatable bonds is 54. The molecular formula is C61H109N4O14P. The SMILES string of the molecule is CCCCCCCCCCCCCCCCCC(=O)OC[C@H](COP(=O)(O)OCCNOC(=O)CCCC(=O)N[C@H](C(=O)N[C@@H](C)C(=O)Nc1ccc(CO)cc1)C(C)C)OC(=O)CCCCCCCCCCCCCCCCC. The van der Waals surface area contributed by atoms with Crippen molar-refractivity contribution in [2.45, 2.75) is 284 Å². The van der Waals surface area contributed by atoms with Crippen LogP contribution in [0, 0.1) is 5.92 Å². The van der Waals surface area contributed by atoms with Gasteiger partial charge in [-0.05, 0) is 49.8 Å². The van der Waals surface area contributed by atoms with Crippen LogP contribution >= 0.6 is 7.82 Å². The summed E-state index contributed by atoms with van der Waals surface area (Å²) >= 11 is 0. The van der Waals surface area contributed by atoms with Gasteiger partial charge in [-0.25, -0.2) is 4.57 Å². The number of nitrogens with one attached hydrogen (secondary N) is 4. The molecule has 80 heavy (non-hydrogen) atoms. The number of anilines is 1. The van der Waals surface area contributed by atoms with Crippen molar-refractivity contribution in [2.75, 3.05) is 31.7 Å². The highest BCUT2D eigenvalue weighted by molar-refractivity contribution is 7.47. The smallest absolute Gasteiger partial charge is 0.462 e. The van der Waals surface area contributed by atoms with Crippen LogP contribution in [0.5, 0.6) is 0 Å². The Balaban J connectivity index is 2.47. The van der Waals surface area contributed by atoms with Crippen molar-refractivity contribution in [3.63, 3.8) is 0 Å². The average Bonchev–Trinajstić information content (AvgIpc) is 3.43. The van der Waals surface area contributed by atoms with Crippen LogP contribution < -0.4 is 21.4 Å². The van der Waals surface area contributed by atoms with Crippen molar-refractivity contribution in [1.82, 2.24) is 16.1 Å². The number of phosphoric acid groups is 1. The molecule has 4 atom stereocenters. The van der Waals surface area contributed by atoms with Gasteiger partial charge in [0.05, 0.1) is 26.4 Å². The van der Waals surface area contributed by atoms with Crippen LogP contribution in [0.1, 0.15) is 265 Å². The largest absolute Gasteiger partial charge is 0.472 e. The minimum absolute atomic E-state index is 0.0862. The van der Waals surface area contributed by atoms with Gasteiger partial charge in [-0.1, -0.05) is 220 Å². The third kappa shape index (κ3) is 42.8. The highest BCUT2D eigenvalue weighted by Gasteiger charge is 2.28. The lowest BCUT2D eigenvalue weighted by Crippen LogP contribution is -2.53. The first-order valence-electron chi connectivity index (χ1n) is 31.1. The lowest BCUT2D eigenvalue weighted by atomic mass is 10.0. The number of aliphatic hydroxyl groups excluding tert-OH is 1. The highest BCUT2D eigenvalue weighted by Crippen LogP contribution is 2.43. The Kier molecular flexibility index (Phi) is 46.0. The first-order chi connectivity index (χ1) is 38.6. The molecule has 0 spiro atoms. The van der Waals surface area contributed by atoms with Crippen molar-refractivity contribution < 1.29 is 66.7 Å². The van der Waals surface area contributed by atoms with Crippen molar-refractivity contribution in [1.29, 1.82) is 0 Å². The maximum absolute atomic E-state index is 13.1. The summed E-state index contributed by atoms with van der Waals surface area (Å²) in [5.41, 5.74) is 3.52. The fraction of sp³-hybridized carbons (Fsp3) is 0.803. The Labute approximate surface area is 481 Å². The molecule has 1 aromatic carbocycles. The van der Waals surface area contributed by atoms with Gasteiger partial charge in [-0.3, -0.25) is 37.8 Å². The summed E-state index contributed by atoms with van der Waals surface area (Å²) in [4.78, 5) is 91.8. The summed E-state index contributed by atoms with van der Waals surface area (Å²) < 4.78 is 34.0. The number of phosphoric ester groups is 1. The number of esters is 2. The number of hydrogen-bond donors (Lipinski definition) is 6. The van der Waals surface area contributed by atoms with Crippen LogP contribution in [0.15, 0.2) is 24.3 Å². The number of hydrogen-bond acceptors (Lipinski definition) is 14. The van der Waals surface area contributed by atoms with Crippen LogP contribution in [-0.4, -0.2) is 90.2 Å². The number of amides is 3. The fourth-order valence-electron chi connectivity index (χ4n) is 8.99. The van der Waals surface area contributed by atoms with E-state index in [1.54, 1.807) is 38.1 Å². The Hall–Kier alpha value is -3.93. The predicted octanol–water partition coefficient (Wildman–Crippen LogP) is 13.1. The van der Waals surface area contributed by atoms with Gasteiger partial charge in [0, 0.05) is 31.4 Å². The van der Waals surface area contributed by atoms with E-state index < -0.39 is 74.9 Å². The third-order valence-corrected chi connectivity index (χ3v) is 15.0. The number of unbranched alkanes of at least 4 members (excludes halogenated alkanes) is 28. The molecule has 3 amide bonds. The average molecular weight is 1150 g/mol. The normalized spacial score (nSPS) is 13.2. The molecule has 0 aromatic heterocycles. The zero-order valence-electron chi connectivity index (χ0n) is 50.1. The van der Waals surface area contributed by atoms with Crippen molar-refractivity contribution in [3.8, 4) is 0 Å². The molecule has 0 aliphatic heterocycles. The van der Waals surface area contributed by atoms with E-state index in [1.165, 1.54) is 148 Å². The van der Waals surface area contributed by atoms with Gasteiger partial charge in [0.25, 0.3) is 0 Å². The van der Waals surface area contributed by atoms with Crippen molar-refractivity contribution in [2.24, 2.45) is 5.92 Å². The second-order valence-corrected chi connectivity index (χ2v) is 23.3. The van der Waals surface area contributed by atoms with Crippen molar-refractivity contribution >= 4 is 49.1 Å². The summed E-state index contributed by atoms with van der Waals surface area (Å²) in [6.45, 7) is 7.81. The lowest BCUT2D eigenvalue weighted by Gasteiger charge is -2.24. The molecule has 1 unspecified atom stereocenters. The Morgan fingerprint density at radius 2 is 0.975 bits per heavy atom. The number of carbonyl (C=O) groups is 6. The highest BCUT2D eigenvalue weighted by atomic mass is 31.2. The monoisotopic (exact) mass is 1150 g/mol. The van der Waals surface area contributed by atoms with Crippen LogP contribution in [0.25, 0.3) is 0 Å². The molecule has 19 heteroatoms. The molecule has 0 radical (unpaired) electrons. The lowest BCUT2D eigenvalue weighted by molar-refractivity contribution is -0.161. The Morgan fingerprint density at radius 1 is 0.525 bits per heavy atom. The van der Waals surface area contributed by atoms with Crippen LogP contribution in [0.2, 0.25) is 0 Å². The molecule has 0 aliphatic carbocycles. The summed E-state index contributed by atoms with van der Waals surface area (Å²) in [6.07, 6.45) is 35.1. The fourth-order valence-corrected chi connectivity index (χ4v) is 9.74. The summed E-state index contributed by atoms with van der Waals surface area (Å²) in [5.74, 6) is -3.52. The van der Waals surface area contributed by atoms with Crippen LogP contribution in [0.3, 0.4) is 0 Å². The molecule has 1 aromatic rings. The van der Waals surface area contributed by atoms with E-state index in [0.29, 0.717) is 24.1 Å². The van der Waals surface area contributed by atoms with Crippen LogP contribution in [-0.2, 0) is 63.3 Å². The van der Waals surface area contributed by atoms with Crippen LogP contribution in [0.4, 0.5) is 5.69 Å². The molecule has 0 aliphatic rings. The topological polar surface area (TPSA) is 254 Å². The third-order valence-electron chi connectivity index (χ3n) is 14.0. The van der Waals surface area contributed by atoms with Gasteiger partial charge in [0.1, 0.15) is 18.7 Å². The van der Waals surface area contributed by atoms with Gasteiger partial charge in [-0.15, -0.1) is 0 Å². The minimum Gasteiger partial charge on any atom is -0.462 e. The number of aliphatic hydroxyl groups is 1. The van der Waals surface area contributed by atoms with Gasteiger partial charge >= 0.3 is 25.7 Å². The number of ether oxygens (including phenoxy) is 2. The summed E-state index contributed by atoms with van der Waals surface area (Å²) in [6, 6.07) is 4.71. The van der Waals surface area contributed by atoms with E-state index in [-0.39, 0.29) is 57.8 Å². The molecular weight excluding hydrogens is 1040 g/mol. The van der Waals surface area contributed by atoms with Gasteiger partial charge in [0.15, 0.2) is 6.10 Å². The Bertz CT molecular complexity index is 1820. The van der Waals surface area contributed by atoms with E-state index in [2.05, 4.69) is 35.3 Å². The minimum atomic E-state index is -4.70. The number of benzene rings is 1. The second kappa shape index (κ2) is 49.7. The molecule has 0 saturated carbocycles. The van der Waals surface area contributed by atoms with Gasteiger partial charge in [0.2, 0.25) is 17.7 Å². The second-order valence-electron chi connectivity index (χ2n) is 21.9. The summed E-state index contributed by atoms with van der Waals surface area (Å²) in [7, 11) is -4.70. The maximum atomic E-state index is 13.1. The molecule has 0 fully saturated rings. The molecule has 18 nitrogen and oxygen atoms in total. The van der Waals surface area contributed by atoms with Gasteiger partial charge in [-0.2, -0.15) is 5.48 Å². The maximum Gasteiger partial charge on any atom is 0.472 e. The van der Waals surface area contributed by atoms with E-state index in [1.807, 2.05) is 0 Å². The first kappa shape index (κ1) is 74.1. The predicted molar refractivity (Wildman–Crippen MR) is 315 cm³/mol. The zero-order valence-corrected chi connectivity index (χ0v) is 51.0. The molecule has 0 bridgehead atoms. The molecule has 6 N–H and O–H groups in total. The number of hydroxylamine groups is 1. The molecule has 0 heterocycles. The zero-order chi connectivity index (χ0) is 58.9. The van der Waals surface area contributed by atoms with Gasteiger partial charge < -0.3 is 40.3 Å². The molecule has 462 valence electrons. The number of carbonyl (C=O) groups excluding carboxylic acids is 6. The van der Waals surface area contributed by atoms with E-state index in [9.17, 15) is 43.3 Å². The standard InChI is InChI=1S/C61H109N4O14P/c1-6-8-10-12-14-16-18-20-22-24-26-28-30-32-34-38-56(68)75-48-54(78-57(69)39-35-33-31-29-27-25-23-21-19-17-15-13-11-9-7-2)49-77-80(73,74)76-46-45-62-79-58(70)40-36-37-55(67)65-59(50(3)4)61(72)63-51(5)60(71)64-53-43-41-52(47-66)42-44-53/h41-44,50-51,54,59,62,66H,6-40,45-49H2,1-5H3,(H,63,72)(H,64,71)(H,65,67)(H,73,74)/t51-,54+,59-/m0/s1. The van der Waals surface area contributed by atoms with E-state index >= 15 is 0 Å². The van der Waals surface area contributed by atoms with E-state index in [4.69, 9.17) is 23.4 Å². The quantitative estimate of drug-likeness (QED) is 0.0117. The molecule has 1 rings (SSSR count). The molecule has 0 saturated heterocycles. The first-order valence-corrected chi connectivity index (χ1v) is 32.6. The van der Waals surface area contributed by atoms with Crippen molar-refractivity contribution in [3.05, 3.63) is 29.8 Å². The summed E-state index contributed by atoms with van der Waals surface area (Å²) in [5, 5.41) is 17.2. The Morgan fingerprint density at radius 3 is 1.44 bits per heavy atom. The van der Waals surface area contributed by atoms with E-state index in [0.717, 1.165) is 38.5 Å².